The van der Waals surface area contributed by atoms with Gasteiger partial charge in [-0.3, -0.25) is 9.36 Å². The lowest BCUT2D eigenvalue weighted by atomic mass is 10.4. The Hall–Kier alpha value is -1.76. The van der Waals surface area contributed by atoms with Gasteiger partial charge < -0.3 is 9.32 Å². The van der Waals surface area contributed by atoms with Gasteiger partial charge in [-0.2, -0.15) is 0 Å². The third-order valence-electron chi connectivity index (χ3n) is 3.48. The molecule has 0 fully saturated rings. The number of amides is 1. The molecule has 1 atom stereocenters. The Morgan fingerprint density at radius 2 is 2.09 bits per heavy atom. The molecular formula is C15H22N4O2S. The molecule has 0 radical (unpaired) electrons. The maximum absolute atomic E-state index is 12.4. The molecule has 2 heterocycles. The summed E-state index contributed by atoms with van der Waals surface area (Å²) < 4.78 is 7.36. The molecule has 0 saturated heterocycles. The van der Waals surface area contributed by atoms with Crippen LogP contribution >= 0.6 is 11.8 Å². The molecule has 0 spiro atoms. The van der Waals surface area contributed by atoms with Crippen LogP contribution in [0, 0.1) is 0 Å². The number of carbonyl (C=O) groups excluding carboxylic acids is 1. The fraction of sp³-hybridized carbons (Fsp3) is 0.533. The van der Waals surface area contributed by atoms with E-state index >= 15 is 0 Å². The SMILES string of the molecule is CCN(CC)C(=O)C(C)Sc1nnc(-c2ccco2)n1CC. The van der Waals surface area contributed by atoms with Crippen LogP contribution in [0.4, 0.5) is 0 Å². The summed E-state index contributed by atoms with van der Waals surface area (Å²) >= 11 is 1.44. The minimum Gasteiger partial charge on any atom is -0.461 e. The van der Waals surface area contributed by atoms with E-state index in [0.29, 0.717) is 11.6 Å². The third kappa shape index (κ3) is 3.35. The van der Waals surface area contributed by atoms with Gasteiger partial charge in [0.1, 0.15) is 0 Å². The minimum atomic E-state index is -0.196. The number of aromatic nitrogens is 3. The number of carbonyl (C=O) groups is 1. The van der Waals surface area contributed by atoms with Gasteiger partial charge >= 0.3 is 0 Å². The second kappa shape index (κ2) is 7.49. The highest BCUT2D eigenvalue weighted by Gasteiger charge is 2.23. The van der Waals surface area contributed by atoms with Crippen molar-refractivity contribution in [2.75, 3.05) is 13.1 Å². The topological polar surface area (TPSA) is 64.2 Å². The monoisotopic (exact) mass is 322 g/mol. The van der Waals surface area contributed by atoms with Crippen LogP contribution in [0.1, 0.15) is 27.7 Å². The van der Waals surface area contributed by atoms with Crippen LogP contribution < -0.4 is 0 Å². The van der Waals surface area contributed by atoms with Crippen LogP contribution in [0.25, 0.3) is 11.6 Å². The molecule has 0 aliphatic carbocycles. The summed E-state index contributed by atoms with van der Waals surface area (Å²) in [6, 6.07) is 3.68. The molecule has 0 bridgehead atoms. The number of rotatable bonds is 7. The standard InChI is InChI=1S/C15H22N4O2S/c1-5-18(6-2)14(20)11(4)22-15-17-16-13(19(15)7-3)12-9-8-10-21-12/h8-11H,5-7H2,1-4H3. The zero-order chi connectivity index (χ0) is 16.1. The normalized spacial score (nSPS) is 12.4. The molecule has 1 unspecified atom stereocenters. The molecule has 0 aliphatic heterocycles. The molecular weight excluding hydrogens is 300 g/mol. The van der Waals surface area contributed by atoms with Crippen LogP contribution in [0.5, 0.6) is 0 Å². The Balaban J connectivity index is 2.18. The van der Waals surface area contributed by atoms with E-state index in [-0.39, 0.29) is 11.2 Å². The van der Waals surface area contributed by atoms with E-state index in [1.807, 2.05) is 49.3 Å². The van der Waals surface area contributed by atoms with Gasteiger partial charge in [0.2, 0.25) is 5.91 Å². The van der Waals surface area contributed by atoms with Crippen molar-refractivity contribution >= 4 is 17.7 Å². The van der Waals surface area contributed by atoms with Crippen molar-refractivity contribution in [3.8, 4) is 11.6 Å². The average molecular weight is 322 g/mol. The van der Waals surface area contributed by atoms with Crippen molar-refractivity contribution in [1.29, 1.82) is 0 Å². The van der Waals surface area contributed by atoms with Crippen molar-refractivity contribution in [3.63, 3.8) is 0 Å². The fourth-order valence-electron chi connectivity index (χ4n) is 2.25. The van der Waals surface area contributed by atoms with Crippen molar-refractivity contribution < 1.29 is 9.21 Å². The number of hydrogen-bond donors (Lipinski definition) is 0. The van der Waals surface area contributed by atoms with E-state index in [0.717, 1.165) is 24.8 Å². The molecule has 22 heavy (non-hydrogen) atoms. The van der Waals surface area contributed by atoms with Crippen LogP contribution in [-0.4, -0.2) is 43.9 Å². The summed E-state index contributed by atoms with van der Waals surface area (Å²) in [7, 11) is 0. The van der Waals surface area contributed by atoms with E-state index in [4.69, 9.17) is 4.42 Å². The lowest BCUT2D eigenvalue weighted by Crippen LogP contribution is -2.36. The highest BCUT2D eigenvalue weighted by atomic mass is 32.2. The summed E-state index contributed by atoms with van der Waals surface area (Å²) in [4.78, 5) is 14.2. The first kappa shape index (κ1) is 16.6. The van der Waals surface area contributed by atoms with Crippen molar-refractivity contribution in [1.82, 2.24) is 19.7 Å². The van der Waals surface area contributed by atoms with Crippen LogP contribution in [-0.2, 0) is 11.3 Å². The van der Waals surface area contributed by atoms with Gasteiger partial charge in [0, 0.05) is 19.6 Å². The van der Waals surface area contributed by atoms with E-state index < -0.39 is 0 Å². The van der Waals surface area contributed by atoms with Gasteiger partial charge in [0.05, 0.1) is 11.5 Å². The smallest absolute Gasteiger partial charge is 0.235 e. The van der Waals surface area contributed by atoms with Crippen molar-refractivity contribution in [3.05, 3.63) is 18.4 Å². The lowest BCUT2D eigenvalue weighted by Gasteiger charge is -2.22. The summed E-state index contributed by atoms with van der Waals surface area (Å²) in [5.74, 6) is 1.50. The van der Waals surface area contributed by atoms with Crippen LogP contribution in [0.3, 0.4) is 0 Å². The Labute approximate surface area is 134 Å². The molecule has 0 aromatic carbocycles. The summed E-state index contributed by atoms with van der Waals surface area (Å²) in [6.45, 7) is 10.1. The number of furan rings is 1. The minimum absolute atomic E-state index is 0.125. The Morgan fingerprint density at radius 1 is 1.36 bits per heavy atom. The first-order valence-corrected chi connectivity index (χ1v) is 8.42. The number of hydrogen-bond acceptors (Lipinski definition) is 5. The largest absolute Gasteiger partial charge is 0.461 e. The van der Waals surface area contributed by atoms with Crippen molar-refractivity contribution in [2.24, 2.45) is 0 Å². The highest BCUT2D eigenvalue weighted by Crippen LogP contribution is 2.27. The van der Waals surface area contributed by atoms with E-state index in [1.54, 1.807) is 6.26 Å². The van der Waals surface area contributed by atoms with Gasteiger partial charge in [0.15, 0.2) is 16.7 Å². The van der Waals surface area contributed by atoms with E-state index in [2.05, 4.69) is 10.2 Å². The summed E-state index contributed by atoms with van der Waals surface area (Å²) in [5, 5.41) is 8.96. The zero-order valence-corrected chi connectivity index (χ0v) is 14.3. The molecule has 0 saturated carbocycles. The molecule has 0 N–H and O–H groups in total. The second-order valence-corrected chi connectivity index (χ2v) is 6.11. The van der Waals surface area contributed by atoms with Crippen LogP contribution in [0.15, 0.2) is 28.0 Å². The summed E-state index contributed by atoms with van der Waals surface area (Å²) in [6.07, 6.45) is 1.61. The van der Waals surface area contributed by atoms with Gasteiger partial charge in [0.25, 0.3) is 0 Å². The van der Waals surface area contributed by atoms with Gasteiger partial charge in [-0.15, -0.1) is 10.2 Å². The molecule has 7 heteroatoms. The Kier molecular flexibility index (Phi) is 5.65. The molecule has 1 amide bonds. The predicted molar refractivity (Wildman–Crippen MR) is 86.6 cm³/mol. The van der Waals surface area contributed by atoms with Gasteiger partial charge in [-0.1, -0.05) is 11.8 Å². The zero-order valence-electron chi connectivity index (χ0n) is 13.4. The quantitative estimate of drug-likeness (QED) is 0.733. The third-order valence-corrected chi connectivity index (χ3v) is 4.55. The first-order valence-electron chi connectivity index (χ1n) is 7.54. The van der Waals surface area contributed by atoms with E-state index in [1.165, 1.54) is 11.8 Å². The molecule has 2 rings (SSSR count). The second-order valence-electron chi connectivity index (χ2n) is 4.80. The first-order chi connectivity index (χ1) is 10.6. The predicted octanol–water partition coefficient (Wildman–Crippen LogP) is 2.91. The molecule has 0 aliphatic rings. The molecule has 120 valence electrons. The van der Waals surface area contributed by atoms with Crippen molar-refractivity contribution in [2.45, 2.75) is 44.6 Å². The highest BCUT2D eigenvalue weighted by molar-refractivity contribution is 8.00. The number of nitrogens with zero attached hydrogens (tertiary/aromatic N) is 4. The Morgan fingerprint density at radius 3 is 2.64 bits per heavy atom. The maximum atomic E-state index is 12.4. The van der Waals surface area contributed by atoms with Gasteiger partial charge in [-0.25, -0.2) is 0 Å². The average Bonchev–Trinajstić information content (AvgIpc) is 3.16. The summed E-state index contributed by atoms with van der Waals surface area (Å²) in [5.41, 5.74) is 0. The van der Waals surface area contributed by atoms with Crippen LogP contribution in [0.2, 0.25) is 0 Å². The molecule has 6 nitrogen and oxygen atoms in total. The fourth-order valence-corrected chi connectivity index (χ4v) is 3.25. The molecule has 2 aromatic rings. The molecule has 2 aromatic heterocycles. The Bertz CT molecular complexity index is 605. The lowest BCUT2D eigenvalue weighted by molar-refractivity contribution is -0.129. The van der Waals surface area contributed by atoms with Gasteiger partial charge in [-0.05, 0) is 39.8 Å². The van der Waals surface area contributed by atoms with E-state index in [9.17, 15) is 4.79 Å². The number of thioether (sulfide) groups is 1. The maximum Gasteiger partial charge on any atom is 0.235 e.